The van der Waals surface area contributed by atoms with Gasteiger partial charge in [-0.15, -0.1) is 17.4 Å². The van der Waals surface area contributed by atoms with E-state index in [1.54, 1.807) is 6.92 Å². The number of rotatable bonds is 5. The summed E-state index contributed by atoms with van der Waals surface area (Å²) >= 11 is 0. The third-order valence-corrected chi connectivity index (χ3v) is 1.83. The highest BCUT2D eigenvalue weighted by molar-refractivity contribution is 5.90. The number of nitrogens with zero attached hydrogens (tertiary/aromatic N) is 2. The van der Waals surface area contributed by atoms with Crippen LogP contribution in [0.3, 0.4) is 0 Å². The number of hydrogen-bond donors (Lipinski definition) is 2. The highest BCUT2D eigenvalue weighted by Gasteiger charge is 2.09. The Kier molecular flexibility index (Phi) is 4.35. The highest BCUT2D eigenvalue weighted by Crippen LogP contribution is 1.93. The summed E-state index contributed by atoms with van der Waals surface area (Å²) in [4.78, 5) is 15.3. The first-order chi connectivity index (χ1) is 7.24. The molecule has 0 fully saturated rings. The molecule has 80 valence electrons. The lowest BCUT2D eigenvalue weighted by atomic mass is 10.2. The minimum absolute atomic E-state index is 0.185. The molecule has 0 unspecified atom stereocenters. The predicted octanol–water partition coefficient (Wildman–Crippen LogP) is 0.646. The van der Waals surface area contributed by atoms with Crippen LogP contribution in [0.4, 0.5) is 0 Å². The molecule has 0 aliphatic carbocycles. The van der Waals surface area contributed by atoms with Gasteiger partial charge in [-0.1, -0.05) is 0 Å². The molecule has 1 aromatic rings. The number of terminal acetylenes is 1. The quantitative estimate of drug-likeness (QED) is 0.549. The van der Waals surface area contributed by atoms with E-state index in [9.17, 15) is 4.79 Å². The highest BCUT2D eigenvalue weighted by atomic mass is 16.2. The summed E-state index contributed by atoms with van der Waals surface area (Å²) in [6.45, 7) is 2.35. The van der Waals surface area contributed by atoms with E-state index in [2.05, 4.69) is 26.4 Å². The predicted molar refractivity (Wildman–Crippen MR) is 56.1 cm³/mol. The van der Waals surface area contributed by atoms with Crippen LogP contribution in [-0.2, 0) is 0 Å². The van der Waals surface area contributed by atoms with E-state index in [4.69, 9.17) is 6.42 Å². The van der Waals surface area contributed by atoms with Crippen molar-refractivity contribution in [3.8, 4) is 12.3 Å². The first-order valence-electron chi connectivity index (χ1n) is 4.84. The zero-order chi connectivity index (χ0) is 11.1. The van der Waals surface area contributed by atoms with Crippen LogP contribution in [-0.4, -0.2) is 27.6 Å². The molecule has 1 heterocycles. The van der Waals surface area contributed by atoms with Crippen molar-refractivity contribution < 1.29 is 4.79 Å². The molecule has 0 saturated carbocycles. The lowest BCUT2D eigenvalue weighted by Crippen LogP contribution is -2.25. The second-order valence-corrected chi connectivity index (χ2v) is 3.16. The summed E-state index contributed by atoms with van der Waals surface area (Å²) in [6.07, 6.45) is 7.64. The second-order valence-electron chi connectivity index (χ2n) is 3.16. The number of carbonyl (C=O) groups excluding carboxylic acids is 1. The number of H-pyrrole nitrogens is 1. The normalized spacial score (nSPS) is 9.60. The summed E-state index contributed by atoms with van der Waals surface area (Å²) in [7, 11) is 0. The van der Waals surface area contributed by atoms with Gasteiger partial charge in [0.25, 0.3) is 5.91 Å². The lowest BCUT2D eigenvalue weighted by molar-refractivity contribution is 0.0943. The van der Waals surface area contributed by atoms with Gasteiger partial charge in [-0.05, 0) is 19.8 Å². The average Bonchev–Trinajstić information content (AvgIpc) is 2.64. The van der Waals surface area contributed by atoms with Crippen molar-refractivity contribution >= 4 is 5.91 Å². The summed E-state index contributed by atoms with van der Waals surface area (Å²) in [6, 6.07) is 0. The van der Waals surface area contributed by atoms with Gasteiger partial charge in [0.1, 0.15) is 5.82 Å². The molecule has 1 rings (SSSR count). The monoisotopic (exact) mass is 206 g/mol. The molecule has 0 spiro atoms. The van der Waals surface area contributed by atoms with Crippen LogP contribution in [0.1, 0.15) is 35.7 Å². The third-order valence-electron chi connectivity index (χ3n) is 1.83. The largest absolute Gasteiger partial charge is 0.349 e. The maximum Gasteiger partial charge on any atom is 0.290 e. The maximum atomic E-state index is 11.4. The van der Waals surface area contributed by atoms with Crippen LogP contribution < -0.4 is 5.32 Å². The Balaban J connectivity index is 2.23. The molecule has 0 saturated heterocycles. The van der Waals surface area contributed by atoms with Gasteiger partial charge in [-0.2, -0.15) is 0 Å². The van der Waals surface area contributed by atoms with E-state index < -0.39 is 0 Å². The van der Waals surface area contributed by atoms with Crippen LogP contribution in [0.2, 0.25) is 0 Å². The number of unbranched alkanes of at least 4 members (excludes halogenated alkanes) is 2. The van der Waals surface area contributed by atoms with Gasteiger partial charge in [-0.25, -0.2) is 4.98 Å². The van der Waals surface area contributed by atoms with Gasteiger partial charge in [0, 0.05) is 13.0 Å². The zero-order valence-electron chi connectivity index (χ0n) is 8.71. The van der Waals surface area contributed by atoms with E-state index in [1.165, 1.54) is 0 Å². The number of amides is 1. The van der Waals surface area contributed by atoms with Gasteiger partial charge in [-0.3, -0.25) is 9.89 Å². The molecular formula is C10H14N4O. The second kappa shape index (κ2) is 5.81. The standard InChI is InChI=1S/C10H14N4O/c1-3-4-5-6-7-11-10(15)9-12-8(2)13-14-9/h1H,4-7H2,2H3,(H,11,15)(H,12,13,14). The summed E-state index contributed by atoms with van der Waals surface area (Å²) in [5, 5.41) is 9.08. The van der Waals surface area contributed by atoms with E-state index in [0.717, 1.165) is 19.3 Å². The van der Waals surface area contributed by atoms with E-state index >= 15 is 0 Å². The number of aromatic nitrogens is 3. The Morgan fingerprint density at radius 3 is 3.00 bits per heavy atom. The van der Waals surface area contributed by atoms with Crippen LogP contribution >= 0.6 is 0 Å². The molecule has 0 aromatic carbocycles. The van der Waals surface area contributed by atoms with Gasteiger partial charge in [0.2, 0.25) is 5.82 Å². The number of aryl methyl sites for hydroxylation is 1. The SMILES string of the molecule is C#CCCCCNC(=O)c1n[nH]c(C)n1. The maximum absolute atomic E-state index is 11.4. The van der Waals surface area contributed by atoms with Crippen LogP contribution in [0.5, 0.6) is 0 Å². The molecule has 2 N–H and O–H groups in total. The van der Waals surface area contributed by atoms with Crippen LogP contribution in [0.25, 0.3) is 0 Å². The van der Waals surface area contributed by atoms with Crippen molar-refractivity contribution in [2.24, 2.45) is 0 Å². The molecule has 0 atom stereocenters. The van der Waals surface area contributed by atoms with E-state index in [-0.39, 0.29) is 11.7 Å². The molecule has 15 heavy (non-hydrogen) atoms. The van der Waals surface area contributed by atoms with Crippen molar-refractivity contribution in [2.75, 3.05) is 6.54 Å². The molecule has 0 bridgehead atoms. The average molecular weight is 206 g/mol. The molecule has 0 radical (unpaired) electrons. The van der Waals surface area contributed by atoms with Crippen molar-refractivity contribution in [1.29, 1.82) is 0 Å². The summed E-state index contributed by atoms with van der Waals surface area (Å²) < 4.78 is 0. The topological polar surface area (TPSA) is 70.7 Å². The Morgan fingerprint density at radius 2 is 2.40 bits per heavy atom. The Labute approximate surface area is 88.7 Å². The minimum Gasteiger partial charge on any atom is -0.349 e. The Hall–Kier alpha value is -1.83. The Bertz CT molecular complexity index is 364. The molecule has 1 aromatic heterocycles. The number of carbonyl (C=O) groups is 1. The third kappa shape index (κ3) is 3.81. The molecule has 5 nitrogen and oxygen atoms in total. The van der Waals surface area contributed by atoms with Gasteiger partial charge >= 0.3 is 0 Å². The van der Waals surface area contributed by atoms with Crippen molar-refractivity contribution in [2.45, 2.75) is 26.2 Å². The van der Waals surface area contributed by atoms with Crippen molar-refractivity contribution in [3.63, 3.8) is 0 Å². The first-order valence-corrected chi connectivity index (χ1v) is 4.84. The number of aromatic amines is 1. The molecule has 5 heteroatoms. The van der Waals surface area contributed by atoms with Crippen molar-refractivity contribution in [1.82, 2.24) is 20.5 Å². The lowest BCUT2D eigenvalue weighted by Gasteiger charge is -2.00. The summed E-state index contributed by atoms with van der Waals surface area (Å²) in [5.74, 6) is 3.12. The van der Waals surface area contributed by atoms with Crippen molar-refractivity contribution in [3.05, 3.63) is 11.6 Å². The zero-order valence-corrected chi connectivity index (χ0v) is 8.71. The van der Waals surface area contributed by atoms with Gasteiger partial charge < -0.3 is 5.32 Å². The fraction of sp³-hybridized carbons (Fsp3) is 0.500. The molecule has 0 aliphatic heterocycles. The minimum atomic E-state index is -0.250. The van der Waals surface area contributed by atoms with E-state index in [1.807, 2.05) is 0 Å². The van der Waals surface area contributed by atoms with Gasteiger partial charge in [0.15, 0.2) is 0 Å². The van der Waals surface area contributed by atoms with Crippen LogP contribution in [0.15, 0.2) is 0 Å². The fourth-order valence-corrected chi connectivity index (χ4v) is 1.08. The Morgan fingerprint density at radius 1 is 1.60 bits per heavy atom. The first kappa shape index (κ1) is 11.2. The number of hydrogen-bond acceptors (Lipinski definition) is 3. The molecule has 0 aliphatic rings. The number of nitrogens with one attached hydrogen (secondary N) is 2. The van der Waals surface area contributed by atoms with Crippen LogP contribution in [0, 0.1) is 19.3 Å². The van der Waals surface area contributed by atoms with Gasteiger partial charge in [0.05, 0.1) is 0 Å². The molecule has 1 amide bonds. The smallest absolute Gasteiger partial charge is 0.290 e. The molecular weight excluding hydrogens is 192 g/mol. The van der Waals surface area contributed by atoms with E-state index in [0.29, 0.717) is 12.4 Å². The fourth-order valence-electron chi connectivity index (χ4n) is 1.08. The summed E-state index contributed by atoms with van der Waals surface area (Å²) in [5.41, 5.74) is 0.